The highest BCUT2D eigenvalue weighted by Gasteiger charge is 2.44. The summed E-state index contributed by atoms with van der Waals surface area (Å²) in [7, 11) is 0. The quantitative estimate of drug-likeness (QED) is 0.854. The lowest BCUT2D eigenvalue weighted by Crippen LogP contribution is -2.51. The van der Waals surface area contributed by atoms with Gasteiger partial charge in [0.1, 0.15) is 5.76 Å². The van der Waals surface area contributed by atoms with Gasteiger partial charge in [0.25, 0.3) is 0 Å². The van der Waals surface area contributed by atoms with Crippen molar-refractivity contribution in [3.8, 4) is 0 Å². The van der Waals surface area contributed by atoms with E-state index in [1.54, 1.807) is 6.20 Å². The minimum atomic E-state index is -0.464. The van der Waals surface area contributed by atoms with Crippen LogP contribution in [0.5, 0.6) is 0 Å². The molecule has 4 rings (SSSR count). The van der Waals surface area contributed by atoms with E-state index in [4.69, 9.17) is 9.26 Å². The van der Waals surface area contributed by atoms with Gasteiger partial charge in [0.05, 0.1) is 18.2 Å². The summed E-state index contributed by atoms with van der Waals surface area (Å²) in [6.07, 6.45) is 3.95. The zero-order chi connectivity index (χ0) is 15.7. The molecule has 23 heavy (non-hydrogen) atoms. The molecule has 0 unspecified atom stereocenters. The first-order valence-electron chi connectivity index (χ1n) is 8.15. The van der Waals surface area contributed by atoms with Crippen LogP contribution in [-0.4, -0.2) is 35.7 Å². The Labute approximate surface area is 135 Å². The van der Waals surface area contributed by atoms with Gasteiger partial charge in [0.2, 0.25) is 5.91 Å². The van der Waals surface area contributed by atoms with Gasteiger partial charge in [-0.3, -0.25) is 4.79 Å². The van der Waals surface area contributed by atoms with Crippen LogP contribution in [0.15, 0.2) is 41.1 Å². The Morgan fingerprint density at radius 1 is 1.17 bits per heavy atom. The van der Waals surface area contributed by atoms with Crippen molar-refractivity contribution in [2.45, 2.75) is 31.2 Å². The number of hydrogen-bond donors (Lipinski definition) is 0. The standard InChI is InChI=1S/C18H20N2O3/c21-17(20-9-6-16-14(13-20)12-19-23-16)18(7-10-22-11-8-18)15-4-2-1-3-5-15/h1-5,12H,6-11,13H2. The topological polar surface area (TPSA) is 55.6 Å². The first-order chi connectivity index (χ1) is 11.3. The fourth-order valence-corrected chi connectivity index (χ4v) is 3.72. The van der Waals surface area contributed by atoms with Crippen molar-refractivity contribution in [1.82, 2.24) is 10.1 Å². The highest BCUT2D eigenvalue weighted by atomic mass is 16.5. The smallest absolute Gasteiger partial charge is 0.233 e. The molecule has 5 nitrogen and oxygen atoms in total. The van der Waals surface area contributed by atoms with E-state index in [1.165, 1.54) is 0 Å². The molecule has 1 saturated heterocycles. The Hall–Kier alpha value is -2.14. The predicted molar refractivity (Wildman–Crippen MR) is 83.8 cm³/mol. The first-order valence-corrected chi connectivity index (χ1v) is 8.15. The van der Waals surface area contributed by atoms with Crippen LogP contribution >= 0.6 is 0 Å². The van der Waals surface area contributed by atoms with E-state index < -0.39 is 5.41 Å². The number of aromatic nitrogens is 1. The number of fused-ring (bicyclic) bond motifs is 1. The van der Waals surface area contributed by atoms with Gasteiger partial charge in [-0.2, -0.15) is 0 Å². The number of nitrogens with zero attached hydrogens (tertiary/aromatic N) is 2. The third-order valence-corrected chi connectivity index (χ3v) is 5.07. The first kappa shape index (κ1) is 14.5. The molecular weight excluding hydrogens is 292 g/mol. The molecule has 2 aliphatic heterocycles. The summed E-state index contributed by atoms with van der Waals surface area (Å²) in [6.45, 7) is 2.55. The molecule has 0 saturated carbocycles. The van der Waals surface area contributed by atoms with Crippen molar-refractivity contribution in [2.24, 2.45) is 0 Å². The zero-order valence-electron chi connectivity index (χ0n) is 13.0. The average Bonchev–Trinajstić information content (AvgIpc) is 3.10. The molecule has 3 heterocycles. The molecule has 5 heteroatoms. The number of amides is 1. The van der Waals surface area contributed by atoms with E-state index in [0.717, 1.165) is 36.1 Å². The summed E-state index contributed by atoms with van der Waals surface area (Å²) in [4.78, 5) is 15.4. The van der Waals surface area contributed by atoms with E-state index in [9.17, 15) is 4.79 Å². The molecule has 0 radical (unpaired) electrons. The van der Waals surface area contributed by atoms with Crippen LogP contribution in [0.4, 0.5) is 0 Å². The number of rotatable bonds is 2. The number of ether oxygens (including phenoxy) is 1. The van der Waals surface area contributed by atoms with E-state index >= 15 is 0 Å². The number of carbonyl (C=O) groups is 1. The van der Waals surface area contributed by atoms with E-state index in [1.807, 2.05) is 23.1 Å². The normalized spacial score (nSPS) is 20.1. The molecule has 1 amide bonds. The molecule has 1 aromatic heterocycles. The van der Waals surface area contributed by atoms with Crippen molar-refractivity contribution in [3.63, 3.8) is 0 Å². The van der Waals surface area contributed by atoms with Crippen LogP contribution < -0.4 is 0 Å². The Balaban J connectivity index is 1.66. The van der Waals surface area contributed by atoms with Gasteiger partial charge in [-0.25, -0.2) is 0 Å². The molecule has 0 aliphatic carbocycles. The van der Waals surface area contributed by atoms with Crippen molar-refractivity contribution < 1.29 is 14.1 Å². The second-order valence-electron chi connectivity index (χ2n) is 6.31. The summed E-state index contributed by atoms with van der Waals surface area (Å²) in [5.74, 6) is 1.12. The van der Waals surface area contributed by atoms with Gasteiger partial charge in [0.15, 0.2) is 0 Å². The average molecular weight is 312 g/mol. The fourth-order valence-electron chi connectivity index (χ4n) is 3.72. The summed E-state index contributed by atoms with van der Waals surface area (Å²) in [5, 5.41) is 3.85. The lowest BCUT2D eigenvalue weighted by molar-refractivity contribution is -0.142. The van der Waals surface area contributed by atoms with Crippen LogP contribution in [-0.2, 0) is 27.9 Å². The van der Waals surface area contributed by atoms with Gasteiger partial charge in [-0.05, 0) is 18.4 Å². The monoisotopic (exact) mass is 312 g/mol. The van der Waals surface area contributed by atoms with Crippen LogP contribution in [0.25, 0.3) is 0 Å². The van der Waals surface area contributed by atoms with E-state index in [2.05, 4.69) is 17.3 Å². The number of benzene rings is 1. The molecule has 2 aliphatic rings. The minimum Gasteiger partial charge on any atom is -0.381 e. The van der Waals surface area contributed by atoms with E-state index in [-0.39, 0.29) is 5.91 Å². The molecule has 0 spiro atoms. The van der Waals surface area contributed by atoms with Gasteiger partial charge in [0, 0.05) is 31.7 Å². The Morgan fingerprint density at radius 2 is 1.96 bits per heavy atom. The lowest BCUT2D eigenvalue weighted by atomic mass is 9.72. The maximum absolute atomic E-state index is 13.4. The van der Waals surface area contributed by atoms with Gasteiger partial charge < -0.3 is 14.2 Å². The maximum Gasteiger partial charge on any atom is 0.233 e. The molecule has 1 aromatic carbocycles. The SMILES string of the molecule is O=C(N1CCc2oncc2C1)C1(c2ccccc2)CCOCC1. The van der Waals surface area contributed by atoms with Crippen molar-refractivity contribution in [1.29, 1.82) is 0 Å². The van der Waals surface area contributed by atoms with Crippen LogP contribution in [0.3, 0.4) is 0 Å². The highest BCUT2D eigenvalue weighted by molar-refractivity contribution is 5.88. The van der Waals surface area contributed by atoms with E-state index in [0.29, 0.717) is 26.3 Å². The van der Waals surface area contributed by atoms with Crippen LogP contribution in [0.1, 0.15) is 29.7 Å². The van der Waals surface area contributed by atoms with Gasteiger partial charge >= 0.3 is 0 Å². The molecule has 0 atom stereocenters. The third-order valence-electron chi connectivity index (χ3n) is 5.07. The maximum atomic E-state index is 13.4. The molecular formula is C18H20N2O3. The summed E-state index contributed by atoms with van der Waals surface area (Å²) in [5.41, 5.74) is 1.66. The Bertz CT molecular complexity index is 689. The van der Waals surface area contributed by atoms with Gasteiger partial charge in [-0.1, -0.05) is 35.5 Å². The zero-order valence-corrected chi connectivity index (χ0v) is 13.0. The van der Waals surface area contributed by atoms with Crippen molar-refractivity contribution in [3.05, 3.63) is 53.4 Å². The van der Waals surface area contributed by atoms with Crippen LogP contribution in [0.2, 0.25) is 0 Å². The Kier molecular flexibility index (Phi) is 3.65. The predicted octanol–water partition coefficient (Wildman–Crippen LogP) is 2.31. The molecule has 120 valence electrons. The summed E-state index contributed by atoms with van der Waals surface area (Å²) in [6, 6.07) is 10.1. The third kappa shape index (κ3) is 2.45. The molecule has 1 fully saturated rings. The lowest BCUT2D eigenvalue weighted by Gasteiger charge is -2.41. The molecule has 2 aromatic rings. The van der Waals surface area contributed by atoms with Crippen molar-refractivity contribution >= 4 is 5.91 Å². The minimum absolute atomic E-state index is 0.207. The second kappa shape index (κ2) is 5.81. The summed E-state index contributed by atoms with van der Waals surface area (Å²) >= 11 is 0. The second-order valence-corrected chi connectivity index (χ2v) is 6.31. The highest BCUT2D eigenvalue weighted by Crippen LogP contribution is 2.37. The summed E-state index contributed by atoms with van der Waals surface area (Å²) < 4.78 is 10.8. The van der Waals surface area contributed by atoms with Crippen molar-refractivity contribution in [2.75, 3.05) is 19.8 Å². The largest absolute Gasteiger partial charge is 0.381 e. The Morgan fingerprint density at radius 3 is 2.74 bits per heavy atom. The number of hydrogen-bond acceptors (Lipinski definition) is 4. The van der Waals surface area contributed by atoms with Gasteiger partial charge in [-0.15, -0.1) is 0 Å². The molecule has 0 bridgehead atoms. The molecule has 0 N–H and O–H groups in total. The van der Waals surface area contributed by atoms with Crippen LogP contribution in [0, 0.1) is 0 Å². The fraction of sp³-hybridized carbons (Fsp3) is 0.444. The number of carbonyl (C=O) groups excluding carboxylic acids is 1.